The maximum atomic E-state index is 11.3. The third-order valence-corrected chi connectivity index (χ3v) is 4.14. The average molecular weight is 227 g/mol. The first-order chi connectivity index (χ1) is 7.10. The molecule has 0 aromatic heterocycles. The number of cyclic esters (lactones) is 1. The minimum atomic E-state index is -0.282. The third-order valence-electron chi connectivity index (χ3n) is 4.14. The summed E-state index contributed by atoms with van der Waals surface area (Å²) in [4.78, 5) is 11.3. The van der Waals surface area contributed by atoms with E-state index in [0.29, 0.717) is 13.2 Å². The number of ether oxygens (including phenoxy) is 1. The van der Waals surface area contributed by atoms with Gasteiger partial charge in [0.05, 0.1) is 6.61 Å². The van der Waals surface area contributed by atoms with Crippen molar-refractivity contribution < 1.29 is 9.53 Å². The van der Waals surface area contributed by atoms with Crippen molar-refractivity contribution in [2.45, 2.75) is 48.0 Å². The van der Waals surface area contributed by atoms with Gasteiger partial charge in [-0.05, 0) is 17.3 Å². The Bertz CT molecular complexity index is 257. The van der Waals surface area contributed by atoms with Crippen molar-refractivity contribution in [1.82, 2.24) is 5.32 Å². The molecule has 1 fully saturated rings. The molecule has 0 atom stereocenters. The fourth-order valence-corrected chi connectivity index (χ4v) is 3.00. The first kappa shape index (κ1) is 13.3. The highest BCUT2D eigenvalue weighted by Gasteiger charge is 2.51. The average Bonchev–Trinajstić information content (AvgIpc) is 2.24. The van der Waals surface area contributed by atoms with Crippen LogP contribution in [-0.4, -0.2) is 19.2 Å². The minimum Gasteiger partial charge on any atom is -0.449 e. The summed E-state index contributed by atoms with van der Waals surface area (Å²) in [5.74, 6) is 0. The number of carbonyl (C=O) groups excluding carboxylic acids is 1. The number of hydrogen-bond donors (Lipinski definition) is 1. The largest absolute Gasteiger partial charge is 0.449 e. The lowest BCUT2D eigenvalue weighted by Gasteiger charge is -2.52. The zero-order chi connectivity index (χ0) is 12.6. The van der Waals surface area contributed by atoms with Crippen molar-refractivity contribution in [3.05, 3.63) is 0 Å². The van der Waals surface area contributed by atoms with Crippen molar-refractivity contribution >= 4 is 6.09 Å². The molecule has 0 aromatic carbocycles. The Morgan fingerprint density at radius 3 is 2.06 bits per heavy atom. The summed E-state index contributed by atoms with van der Waals surface area (Å²) in [6, 6.07) is 0. The van der Waals surface area contributed by atoms with Crippen molar-refractivity contribution in [2.75, 3.05) is 13.2 Å². The molecular weight excluding hydrogens is 202 g/mol. The summed E-state index contributed by atoms with van der Waals surface area (Å²) >= 11 is 0. The Morgan fingerprint density at radius 1 is 1.12 bits per heavy atom. The predicted molar refractivity (Wildman–Crippen MR) is 65.3 cm³/mol. The maximum Gasteiger partial charge on any atom is 0.407 e. The molecule has 94 valence electrons. The highest BCUT2D eigenvalue weighted by molar-refractivity contribution is 5.67. The number of rotatable bonds is 0. The molecule has 0 saturated carbocycles. The van der Waals surface area contributed by atoms with Gasteiger partial charge in [0, 0.05) is 12.0 Å². The van der Waals surface area contributed by atoms with Gasteiger partial charge in [0.2, 0.25) is 0 Å². The molecule has 1 amide bonds. The van der Waals surface area contributed by atoms with E-state index in [2.05, 4.69) is 46.9 Å². The Kier molecular flexibility index (Phi) is 3.28. The van der Waals surface area contributed by atoms with E-state index < -0.39 is 0 Å². The van der Waals surface area contributed by atoms with E-state index in [1.54, 1.807) is 0 Å². The van der Waals surface area contributed by atoms with E-state index in [0.717, 1.165) is 6.42 Å². The van der Waals surface area contributed by atoms with Gasteiger partial charge in [-0.3, -0.25) is 0 Å². The number of nitrogens with one attached hydrogen (secondary N) is 1. The molecule has 0 spiro atoms. The van der Waals surface area contributed by atoms with Crippen LogP contribution in [0.25, 0.3) is 0 Å². The van der Waals surface area contributed by atoms with Gasteiger partial charge in [0.15, 0.2) is 0 Å². The molecule has 0 radical (unpaired) electrons. The highest BCUT2D eigenvalue weighted by atomic mass is 16.5. The van der Waals surface area contributed by atoms with E-state index in [1.807, 2.05) is 0 Å². The quantitative estimate of drug-likeness (QED) is 0.690. The van der Waals surface area contributed by atoms with Gasteiger partial charge in [0.25, 0.3) is 0 Å². The van der Waals surface area contributed by atoms with E-state index in [1.165, 1.54) is 0 Å². The molecule has 1 aliphatic heterocycles. The second-order valence-electron chi connectivity index (χ2n) is 6.84. The molecule has 16 heavy (non-hydrogen) atoms. The normalized spacial score (nSPS) is 22.0. The van der Waals surface area contributed by atoms with E-state index in [-0.39, 0.29) is 22.3 Å². The second kappa shape index (κ2) is 3.94. The van der Waals surface area contributed by atoms with Crippen molar-refractivity contribution in [2.24, 2.45) is 16.2 Å². The van der Waals surface area contributed by atoms with Gasteiger partial charge in [-0.2, -0.15) is 0 Å². The standard InChI is InChI=1S/C13H25NO2/c1-11(2,3)13(12(4,5)6)7-8-14-10(15)16-9-13/h7-9H2,1-6H3,(H,14,15). The lowest BCUT2D eigenvalue weighted by molar-refractivity contribution is -0.0753. The molecule has 1 N–H and O–H groups in total. The molecule has 0 aliphatic carbocycles. The number of hydrogen-bond acceptors (Lipinski definition) is 2. The number of amides is 1. The van der Waals surface area contributed by atoms with Crippen LogP contribution in [0.4, 0.5) is 4.79 Å². The Balaban J connectivity index is 3.10. The number of carbonyl (C=O) groups is 1. The third kappa shape index (κ3) is 2.18. The smallest absolute Gasteiger partial charge is 0.407 e. The van der Waals surface area contributed by atoms with Gasteiger partial charge in [-0.1, -0.05) is 41.5 Å². The zero-order valence-corrected chi connectivity index (χ0v) is 11.4. The number of alkyl carbamates (subject to hydrolysis) is 1. The molecule has 0 aromatic rings. The summed E-state index contributed by atoms with van der Waals surface area (Å²) in [7, 11) is 0. The van der Waals surface area contributed by atoms with Crippen LogP contribution in [0.1, 0.15) is 48.0 Å². The Labute approximate surface area is 98.9 Å². The molecule has 0 bridgehead atoms. The van der Waals surface area contributed by atoms with Crippen LogP contribution in [0.15, 0.2) is 0 Å². The summed E-state index contributed by atoms with van der Waals surface area (Å²) in [6.45, 7) is 14.6. The van der Waals surface area contributed by atoms with Gasteiger partial charge in [-0.15, -0.1) is 0 Å². The topological polar surface area (TPSA) is 38.3 Å². The van der Waals surface area contributed by atoms with Gasteiger partial charge in [-0.25, -0.2) is 4.79 Å². The fourth-order valence-electron chi connectivity index (χ4n) is 3.00. The fraction of sp³-hybridized carbons (Fsp3) is 0.923. The first-order valence-corrected chi connectivity index (χ1v) is 6.01. The predicted octanol–water partition coefficient (Wildman–Crippen LogP) is 3.19. The van der Waals surface area contributed by atoms with Crippen LogP contribution in [0, 0.1) is 16.2 Å². The minimum absolute atomic E-state index is 0.0131. The highest BCUT2D eigenvalue weighted by Crippen LogP contribution is 2.54. The lowest BCUT2D eigenvalue weighted by Crippen LogP contribution is -2.49. The summed E-state index contributed by atoms with van der Waals surface area (Å²) in [5.41, 5.74) is 0.230. The molecule has 1 saturated heterocycles. The van der Waals surface area contributed by atoms with E-state index in [4.69, 9.17) is 4.74 Å². The van der Waals surface area contributed by atoms with Gasteiger partial charge >= 0.3 is 6.09 Å². The Hall–Kier alpha value is -0.730. The summed E-state index contributed by atoms with van der Waals surface area (Å²) < 4.78 is 5.32. The van der Waals surface area contributed by atoms with Gasteiger partial charge < -0.3 is 10.1 Å². The Morgan fingerprint density at radius 2 is 1.62 bits per heavy atom. The summed E-state index contributed by atoms with van der Waals surface area (Å²) in [5, 5.41) is 2.78. The van der Waals surface area contributed by atoms with Crippen molar-refractivity contribution in [3.63, 3.8) is 0 Å². The monoisotopic (exact) mass is 227 g/mol. The molecule has 0 unspecified atom stereocenters. The zero-order valence-electron chi connectivity index (χ0n) is 11.4. The van der Waals surface area contributed by atoms with Crippen LogP contribution in [0.2, 0.25) is 0 Å². The van der Waals surface area contributed by atoms with Crippen molar-refractivity contribution in [3.8, 4) is 0 Å². The SMILES string of the molecule is CC(C)(C)C1(C(C)(C)C)CCNC(=O)OC1. The van der Waals surface area contributed by atoms with Gasteiger partial charge in [0.1, 0.15) is 0 Å². The van der Waals surface area contributed by atoms with Crippen LogP contribution in [0.3, 0.4) is 0 Å². The van der Waals surface area contributed by atoms with Crippen LogP contribution < -0.4 is 5.32 Å². The maximum absolute atomic E-state index is 11.3. The first-order valence-electron chi connectivity index (χ1n) is 6.01. The molecule has 3 heteroatoms. The van der Waals surface area contributed by atoms with E-state index in [9.17, 15) is 4.79 Å². The van der Waals surface area contributed by atoms with Crippen LogP contribution >= 0.6 is 0 Å². The second-order valence-corrected chi connectivity index (χ2v) is 6.84. The molecule has 1 aliphatic rings. The molecular formula is C13H25NO2. The molecule has 1 heterocycles. The van der Waals surface area contributed by atoms with Crippen LogP contribution in [0.5, 0.6) is 0 Å². The van der Waals surface area contributed by atoms with Crippen molar-refractivity contribution in [1.29, 1.82) is 0 Å². The molecule has 3 nitrogen and oxygen atoms in total. The summed E-state index contributed by atoms with van der Waals surface area (Å²) in [6.07, 6.45) is 0.682. The molecule has 1 rings (SSSR count). The lowest BCUT2D eigenvalue weighted by atomic mass is 9.53. The van der Waals surface area contributed by atoms with Crippen LogP contribution in [-0.2, 0) is 4.74 Å². The van der Waals surface area contributed by atoms with E-state index >= 15 is 0 Å².